The van der Waals surface area contributed by atoms with Gasteiger partial charge in [0.25, 0.3) is 11.1 Å². The molecule has 0 amide bonds. The van der Waals surface area contributed by atoms with E-state index in [1.807, 2.05) is 19.9 Å². The van der Waals surface area contributed by atoms with Crippen LogP contribution in [0.1, 0.15) is 61.3 Å². The van der Waals surface area contributed by atoms with Gasteiger partial charge < -0.3 is 4.57 Å². The van der Waals surface area contributed by atoms with Gasteiger partial charge in [-0.25, -0.2) is 9.38 Å². The van der Waals surface area contributed by atoms with Crippen LogP contribution < -0.4 is 15.7 Å². The lowest BCUT2D eigenvalue weighted by Crippen LogP contribution is -2.33. The van der Waals surface area contributed by atoms with Crippen LogP contribution in [0.3, 0.4) is 0 Å². The average Bonchev–Trinajstić information content (AvgIpc) is 3.17. The molecule has 1 aromatic carbocycles. The van der Waals surface area contributed by atoms with Gasteiger partial charge in [-0.3, -0.25) is 9.59 Å². The Morgan fingerprint density at radius 3 is 2.53 bits per heavy atom. The molecule has 3 aromatic heterocycles. The predicted molar refractivity (Wildman–Crippen MR) is 125 cm³/mol. The predicted octanol–water partition coefficient (Wildman–Crippen LogP) is 4.08. The minimum atomic E-state index is -0.279. The Morgan fingerprint density at radius 2 is 1.87 bits per heavy atom. The molecule has 0 unspecified atom stereocenters. The van der Waals surface area contributed by atoms with Crippen LogP contribution in [-0.2, 0) is 6.42 Å². The Labute approximate surface area is 179 Å². The number of aromatic nitrogens is 3. The van der Waals surface area contributed by atoms with Crippen molar-refractivity contribution in [2.45, 2.75) is 60.4 Å². The van der Waals surface area contributed by atoms with E-state index in [9.17, 15) is 9.59 Å². The summed E-state index contributed by atoms with van der Waals surface area (Å²) < 4.78 is 4.15. The van der Waals surface area contributed by atoms with Gasteiger partial charge in [-0.15, -0.1) is 0 Å². The molecule has 0 saturated heterocycles. The maximum Gasteiger partial charge on any atom is 0.277 e. The van der Waals surface area contributed by atoms with Crippen LogP contribution in [0, 0.1) is 20.8 Å². The number of hydrogen-bond donors (Lipinski definition) is 0. The van der Waals surface area contributed by atoms with Gasteiger partial charge in [0, 0.05) is 33.9 Å². The lowest BCUT2D eigenvalue weighted by Gasteiger charge is -2.16. The van der Waals surface area contributed by atoms with Crippen LogP contribution in [0.15, 0.2) is 27.8 Å². The molecule has 0 N–H and O–H groups in total. The highest BCUT2D eigenvalue weighted by molar-refractivity contribution is 7.15. The van der Waals surface area contributed by atoms with Gasteiger partial charge in [0.15, 0.2) is 0 Å². The Balaban J connectivity index is 2.10. The molecule has 0 fully saturated rings. The molecule has 0 aliphatic rings. The molecule has 0 spiro atoms. The van der Waals surface area contributed by atoms with Gasteiger partial charge in [-0.1, -0.05) is 43.4 Å². The minimum absolute atomic E-state index is 0.240. The summed E-state index contributed by atoms with van der Waals surface area (Å²) in [5, 5.41) is 1.13. The summed E-state index contributed by atoms with van der Waals surface area (Å²) in [6, 6.07) is 6.65. The van der Waals surface area contributed by atoms with Gasteiger partial charge in [-0.05, 0) is 52.2 Å². The van der Waals surface area contributed by atoms with E-state index < -0.39 is 0 Å². The zero-order chi connectivity index (χ0) is 21.7. The Hall–Kier alpha value is -2.73. The second kappa shape index (κ2) is 7.51. The minimum Gasteiger partial charge on any atom is -0.341 e. The number of hydrogen-bond acceptors (Lipinski definition) is 4. The third-order valence-corrected chi connectivity index (χ3v) is 7.12. The van der Waals surface area contributed by atoms with Crippen molar-refractivity contribution in [3.8, 4) is 0 Å². The van der Waals surface area contributed by atoms with Crippen LogP contribution in [-0.4, -0.2) is 14.0 Å². The van der Waals surface area contributed by atoms with Gasteiger partial charge in [0.2, 0.25) is 4.96 Å². The molecule has 156 valence electrons. The summed E-state index contributed by atoms with van der Waals surface area (Å²) in [4.78, 5) is 31.0. The van der Waals surface area contributed by atoms with Crippen molar-refractivity contribution in [2.24, 2.45) is 0 Å². The monoisotopic (exact) mass is 421 g/mol. The molecule has 6 heteroatoms. The van der Waals surface area contributed by atoms with Crippen LogP contribution in [0.4, 0.5) is 0 Å². The number of fused-ring (bicyclic) bond motifs is 2. The third-order valence-electron chi connectivity index (χ3n) is 6.15. The highest BCUT2D eigenvalue weighted by Crippen LogP contribution is 2.32. The first-order valence-corrected chi connectivity index (χ1v) is 11.3. The number of thiazole rings is 1. The van der Waals surface area contributed by atoms with Crippen molar-refractivity contribution in [1.82, 2.24) is 14.0 Å². The van der Waals surface area contributed by atoms with Gasteiger partial charge in [-0.2, -0.15) is 0 Å². The fraction of sp³-hybridized carbons (Fsp3) is 0.375. The smallest absolute Gasteiger partial charge is 0.277 e. The number of benzene rings is 1. The Morgan fingerprint density at radius 1 is 1.13 bits per heavy atom. The molecule has 5 nitrogen and oxygen atoms in total. The second-order valence-electron chi connectivity index (χ2n) is 7.97. The van der Waals surface area contributed by atoms with Crippen molar-refractivity contribution in [3.05, 3.63) is 71.5 Å². The first-order chi connectivity index (χ1) is 14.3. The molecule has 30 heavy (non-hydrogen) atoms. The van der Waals surface area contributed by atoms with Gasteiger partial charge in [0.05, 0.1) is 10.0 Å². The summed E-state index contributed by atoms with van der Waals surface area (Å²) in [6.45, 7) is 12.4. The summed E-state index contributed by atoms with van der Waals surface area (Å²) >= 11 is 1.29. The largest absolute Gasteiger partial charge is 0.341 e. The van der Waals surface area contributed by atoms with E-state index in [1.165, 1.54) is 26.8 Å². The van der Waals surface area contributed by atoms with E-state index >= 15 is 0 Å². The summed E-state index contributed by atoms with van der Waals surface area (Å²) in [5.74, 6) is 0. The van der Waals surface area contributed by atoms with Crippen LogP contribution in [0.5, 0.6) is 0 Å². The highest BCUT2D eigenvalue weighted by Gasteiger charge is 2.18. The molecular weight excluding hydrogens is 394 g/mol. The Bertz CT molecular complexity index is 1460. The number of rotatable bonds is 4. The SMILES string of the molecule is CCc1c(C)nc2s/c(=C\c3c(C)n([C@H](C)CC)c4c(C)cccc34)c(=O)n2c1=O. The highest BCUT2D eigenvalue weighted by atomic mass is 32.1. The van der Waals surface area contributed by atoms with Gasteiger partial charge in [0.1, 0.15) is 0 Å². The molecule has 0 radical (unpaired) electrons. The van der Waals surface area contributed by atoms with Crippen molar-refractivity contribution in [2.75, 3.05) is 0 Å². The van der Waals surface area contributed by atoms with Crippen molar-refractivity contribution >= 4 is 33.3 Å². The molecule has 4 rings (SSSR count). The summed E-state index contributed by atoms with van der Waals surface area (Å²) in [6.07, 6.45) is 3.53. The van der Waals surface area contributed by atoms with Crippen LogP contribution in [0.25, 0.3) is 21.9 Å². The van der Waals surface area contributed by atoms with Crippen LogP contribution >= 0.6 is 11.3 Å². The maximum atomic E-state index is 13.1. The first kappa shape index (κ1) is 20.5. The average molecular weight is 422 g/mol. The zero-order valence-corrected chi connectivity index (χ0v) is 19.2. The van der Waals surface area contributed by atoms with E-state index in [0.717, 1.165) is 23.1 Å². The van der Waals surface area contributed by atoms with E-state index in [-0.39, 0.29) is 11.1 Å². The number of para-hydroxylation sites is 1. The lowest BCUT2D eigenvalue weighted by atomic mass is 10.1. The summed E-state index contributed by atoms with van der Waals surface area (Å²) in [5.41, 5.74) is 5.40. The molecule has 0 aliphatic carbocycles. The van der Waals surface area contributed by atoms with E-state index in [1.54, 1.807) is 0 Å². The van der Waals surface area contributed by atoms with E-state index in [4.69, 9.17) is 0 Å². The molecular formula is C24H27N3O2S. The molecule has 3 heterocycles. The van der Waals surface area contributed by atoms with Crippen molar-refractivity contribution in [1.29, 1.82) is 0 Å². The third kappa shape index (κ3) is 2.93. The second-order valence-corrected chi connectivity index (χ2v) is 8.97. The fourth-order valence-corrected chi connectivity index (χ4v) is 5.36. The zero-order valence-electron chi connectivity index (χ0n) is 18.4. The molecule has 0 bridgehead atoms. The normalized spacial score (nSPS) is 13.6. The maximum absolute atomic E-state index is 13.1. The lowest BCUT2D eigenvalue weighted by molar-refractivity contribution is 0.536. The molecule has 4 aromatic rings. The standard InChI is InChI=1S/C24H27N3O2S/c1-7-14(4)26-16(6)19(18-11-9-10-13(3)21(18)26)12-20-23(29)27-22(28)17(8-2)15(5)25-24(27)30-20/h9-12,14H,7-8H2,1-6H3/b20-12-/t14-/m1/s1. The van der Waals surface area contributed by atoms with E-state index in [0.29, 0.717) is 33.2 Å². The number of nitrogens with zero attached hydrogens (tertiary/aromatic N) is 3. The van der Waals surface area contributed by atoms with Crippen molar-refractivity contribution < 1.29 is 0 Å². The summed E-state index contributed by atoms with van der Waals surface area (Å²) in [7, 11) is 0. The van der Waals surface area contributed by atoms with Crippen LogP contribution in [0.2, 0.25) is 0 Å². The van der Waals surface area contributed by atoms with Crippen molar-refractivity contribution in [3.63, 3.8) is 0 Å². The quantitative estimate of drug-likeness (QED) is 0.499. The fourth-order valence-electron chi connectivity index (χ4n) is 4.37. The first-order valence-electron chi connectivity index (χ1n) is 10.5. The van der Waals surface area contributed by atoms with Gasteiger partial charge >= 0.3 is 0 Å². The molecule has 1 atom stereocenters. The Kier molecular flexibility index (Phi) is 5.14. The topological polar surface area (TPSA) is 56.4 Å². The van der Waals surface area contributed by atoms with E-state index in [2.05, 4.69) is 55.4 Å². The molecule has 0 aliphatic heterocycles. The molecule has 0 saturated carbocycles. The number of aryl methyl sites for hydroxylation is 2.